The molecule has 2 aromatic rings. The minimum atomic E-state index is -0.0345. The van der Waals surface area contributed by atoms with Crippen molar-refractivity contribution in [3.8, 4) is 5.75 Å². The van der Waals surface area contributed by atoms with Gasteiger partial charge in [0.15, 0.2) is 5.43 Å². The van der Waals surface area contributed by atoms with Crippen LogP contribution in [0, 0.1) is 0 Å². The maximum absolute atomic E-state index is 11.7. The Bertz CT molecular complexity index is 629. The van der Waals surface area contributed by atoms with Crippen LogP contribution < -0.4 is 10.2 Å². The normalized spacial score (nSPS) is 16.4. The van der Waals surface area contributed by atoms with Crippen molar-refractivity contribution in [3.63, 3.8) is 0 Å². The summed E-state index contributed by atoms with van der Waals surface area (Å²) in [5, 5.41) is 0.572. The van der Waals surface area contributed by atoms with Crippen molar-refractivity contribution in [2.75, 3.05) is 26.2 Å². The van der Waals surface area contributed by atoms with E-state index in [-0.39, 0.29) is 5.43 Å². The monoisotopic (exact) mass is 273 g/mol. The number of piperidine rings is 1. The predicted octanol–water partition coefficient (Wildman–Crippen LogP) is 2.66. The van der Waals surface area contributed by atoms with Gasteiger partial charge in [0.25, 0.3) is 0 Å². The van der Waals surface area contributed by atoms with Crippen molar-refractivity contribution in [1.82, 2.24) is 4.90 Å². The Hall–Kier alpha value is -1.81. The molecule has 0 aliphatic carbocycles. The van der Waals surface area contributed by atoms with Crippen molar-refractivity contribution in [3.05, 3.63) is 40.8 Å². The zero-order chi connectivity index (χ0) is 13.8. The van der Waals surface area contributed by atoms with Crippen LogP contribution in [-0.2, 0) is 0 Å². The molecule has 1 fully saturated rings. The summed E-state index contributed by atoms with van der Waals surface area (Å²) >= 11 is 0. The summed E-state index contributed by atoms with van der Waals surface area (Å²) in [6.07, 6.45) is 5.34. The maximum atomic E-state index is 11.7. The highest BCUT2D eigenvalue weighted by Gasteiger charge is 2.09. The Morgan fingerprint density at radius 1 is 1.15 bits per heavy atom. The van der Waals surface area contributed by atoms with Crippen LogP contribution in [0.3, 0.4) is 0 Å². The van der Waals surface area contributed by atoms with Gasteiger partial charge >= 0.3 is 0 Å². The summed E-state index contributed by atoms with van der Waals surface area (Å²) in [6.45, 7) is 3.94. The summed E-state index contributed by atoms with van der Waals surface area (Å²) in [5.74, 6) is 0.730. The lowest BCUT2D eigenvalue weighted by Crippen LogP contribution is -2.33. The highest BCUT2D eigenvalue weighted by Crippen LogP contribution is 2.18. The number of ether oxygens (including phenoxy) is 1. The number of fused-ring (bicyclic) bond motifs is 1. The van der Waals surface area contributed by atoms with Crippen LogP contribution in [0.4, 0.5) is 0 Å². The molecule has 1 aromatic carbocycles. The molecule has 0 N–H and O–H groups in total. The molecule has 2 heterocycles. The summed E-state index contributed by atoms with van der Waals surface area (Å²) < 4.78 is 11.0. The van der Waals surface area contributed by atoms with E-state index in [9.17, 15) is 4.79 Å². The van der Waals surface area contributed by atoms with Gasteiger partial charge in [-0.1, -0.05) is 6.42 Å². The molecule has 0 atom stereocenters. The van der Waals surface area contributed by atoms with Crippen LogP contribution in [0.2, 0.25) is 0 Å². The lowest BCUT2D eigenvalue weighted by atomic mass is 10.1. The first-order valence-electron chi connectivity index (χ1n) is 7.20. The van der Waals surface area contributed by atoms with E-state index in [1.807, 2.05) is 6.07 Å². The third kappa shape index (κ3) is 3.02. The molecule has 4 nitrogen and oxygen atoms in total. The van der Waals surface area contributed by atoms with E-state index in [0.717, 1.165) is 12.3 Å². The van der Waals surface area contributed by atoms with E-state index in [2.05, 4.69) is 4.90 Å². The van der Waals surface area contributed by atoms with Crippen molar-refractivity contribution in [1.29, 1.82) is 0 Å². The highest BCUT2D eigenvalue weighted by molar-refractivity contribution is 5.77. The standard InChI is InChI=1S/C16H19NO3/c18-15-6-10-20-16-5-4-13(12-14(15)16)19-11-9-17-7-2-1-3-8-17/h4-6,10,12H,1-3,7-9,11H2. The van der Waals surface area contributed by atoms with Crippen LogP contribution in [0.5, 0.6) is 5.75 Å². The van der Waals surface area contributed by atoms with E-state index in [1.54, 1.807) is 12.1 Å². The summed E-state index contributed by atoms with van der Waals surface area (Å²) in [7, 11) is 0. The van der Waals surface area contributed by atoms with E-state index in [4.69, 9.17) is 9.15 Å². The van der Waals surface area contributed by atoms with Gasteiger partial charge in [-0.25, -0.2) is 0 Å². The first kappa shape index (κ1) is 13.2. The molecule has 0 spiro atoms. The SMILES string of the molecule is O=c1ccoc2ccc(OCCN3CCCCC3)cc12. The zero-order valence-electron chi connectivity index (χ0n) is 11.5. The first-order valence-corrected chi connectivity index (χ1v) is 7.20. The molecule has 0 unspecified atom stereocenters. The van der Waals surface area contributed by atoms with Crippen LogP contribution in [-0.4, -0.2) is 31.1 Å². The predicted molar refractivity (Wildman–Crippen MR) is 78.3 cm³/mol. The quantitative estimate of drug-likeness (QED) is 0.859. The minimum absolute atomic E-state index is 0.0345. The smallest absolute Gasteiger partial charge is 0.192 e. The molecule has 1 aromatic heterocycles. The van der Waals surface area contributed by atoms with E-state index < -0.39 is 0 Å². The number of likely N-dealkylation sites (tertiary alicyclic amines) is 1. The Morgan fingerprint density at radius 2 is 2.00 bits per heavy atom. The van der Waals surface area contributed by atoms with Crippen molar-refractivity contribution >= 4 is 11.0 Å². The topological polar surface area (TPSA) is 42.7 Å². The molecule has 20 heavy (non-hydrogen) atoms. The number of benzene rings is 1. The van der Waals surface area contributed by atoms with Crippen LogP contribution in [0.15, 0.2) is 39.7 Å². The fraction of sp³-hybridized carbons (Fsp3) is 0.438. The van der Waals surface area contributed by atoms with Gasteiger partial charge in [-0.3, -0.25) is 9.69 Å². The van der Waals surface area contributed by atoms with Crippen LogP contribution in [0.25, 0.3) is 11.0 Å². The molecule has 106 valence electrons. The lowest BCUT2D eigenvalue weighted by molar-refractivity contribution is 0.183. The van der Waals surface area contributed by atoms with Gasteiger partial charge < -0.3 is 9.15 Å². The molecular formula is C16H19NO3. The van der Waals surface area contributed by atoms with Crippen LogP contribution >= 0.6 is 0 Å². The number of hydrogen-bond acceptors (Lipinski definition) is 4. The third-order valence-electron chi connectivity index (χ3n) is 3.76. The van der Waals surface area contributed by atoms with Gasteiger partial charge in [0.2, 0.25) is 0 Å². The Labute approximate surface area is 118 Å². The van der Waals surface area contributed by atoms with Gasteiger partial charge in [-0.2, -0.15) is 0 Å². The lowest BCUT2D eigenvalue weighted by Gasteiger charge is -2.26. The second-order valence-corrected chi connectivity index (χ2v) is 5.19. The summed E-state index contributed by atoms with van der Waals surface area (Å²) in [5.41, 5.74) is 0.564. The molecule has 0 saturated carbocycles. The van der Waals surface area contributed by atoms with Crippen molar-refractivity contribution in [2.24, 2.45) is 0 Å². The summed E-state index contributed by atoms with van der Waals surface area (Å²) in [4.78, 5) is 14.2. The minimum Gasteiger partial charge on any atom is -0.492 e. The third-order valence-corrected chi connectivity index (χ3v) is 3.76. The molecule has 1 aliphatic heterocycles. The largest absolute Gasteiger partial charge is 0.492 e. The average molecular weight is 273 g/mol. The molecule has 0 bridgehead atoms. The van der Waals surface area contributed by atoms with Gasteiger partial charge in [0.05, 0.1) is 11.6 Å². The molecule has 1 saturated heterocycles. The Morgan fingerprint density at radius 3 is 2.85 bits per heavy atom. The average Bonchev–Trinajstić information content (AvgIpc) is 2.49. The zero-order valence-corrected chi connectivity index (χ0v) is 11.5. The fourth-order valence-electron chi connectivity index (χ4n) is 2.63. The fourth-order valence-corrected chi connectivity index (χ4v) is 2.63. The van der Waals surface area contributed by atoms with Crippen molar-refractivity contribution < 1.29 is 9.15 Å². The number of nitrogens with zero attached hydrogens (tertiary/aromatic N) is 1. The maximum Gasteiger partial charge on any atom is 0.192 e. The highest BCUT2D eigenvalue weighted by atomic mass is 16.5. The first-order chi connectivity index (χ1) is 9.83. The second-order valence-electron chi connectivity index (χ2n) is 5.19. The molecular weight excluding hydrogens is 254 g/mol. The number of hydrogen-bond donors (Lipinski definition) is 0. The molecule has 3 rings (SSSR count). The van der Waals surface area contributed by atoms with Crippen molar-refractivity contribution in [2.45, 2.75) is 19.3 Å². The van der Waals surface area contributed by atoms with Gasteiger partial charge in [0, 0.05) is 12.6 Å². The van der Waals surface area contributed by atoms with Gasteiger partial charge in [-0.15, -0.1) is 0 Å². The molecule has 0 radical (unpaired) electrons. The molecule has 4 heteroatoms. The van der Waals surface area contributed by atoms with Gasteiger partial charge in [-0.05, 0) is 44.1 Å². The van der Waals surface area contributed by atoms with E-state index in [1.165, 1.54) is 44.7 Å². The second kappa shape index (κ2) is 6.09. The Kier molecular flexibility index (Phi) is 4.02. The molecule has 1 aliphatic rings. The van der Waals surface area contributed by atoms with E-state index >= 15 is 0 Å². The van der Waals surface area contributed by atoms with Gasteiger partial charge in [0.1, 0.15) is 17.9 Å². The molecule has 0 amide bonds. The van der Waals surface area contributed by atoms with E-state index in [0.29, 0.717) is 17.6 Å². The Balaban J connectivity index is 1.62. The summed E-state index contributed by atoms with van der Waals surface area (Å²) in [6, 6.07) is 6.83. The van der Waals surface area contributed by atoms with Crippen LogP contribution in [0.1, 0.15) is 19.3 Å². The number of rotatable bonds is 4.